The second-order valence-electron chi connectivity index (χ2n) is 5.61. The van der Waals surface area contributed by atoms with Crippen LogP contribution in [0.5, 0.6) is 11.5 Å². The van der Waals surface area contributed by atoms with E-state index < -0.39 is 6.29 Å². The van der Waals surface area contributed by atoms with E-state index in [2.05, 4.69) is 21.7 Å². The van der Waals surface area contributed by atoms with Crippen LogP contribution in [0.1, 0.15) is 39.0 Å². The molecule has 1 aliphatic carbocycles. The number of hydrogen-bond acceptors (Lipinski definition) is 3. The highest BCUT2D eigenvalue weighted by Gasteiger charge is 2.43. The zero-order chi connectivity index (χ0) is 14.2. The van der Waals surface area contributed by atoms with Crippen LogP contribution in [0.4, 0.5) is 14.5 Å². The van der Waals surface area contributed by atoms with Crippen LogP contribution in [-0.2, 0) is 0 Å². The maximum atomic E-state index is 13.0. The molecule has 1 aromatic rings. The molecule has 1 fully saturated rings. The highest BCUT2D eigenvalue weighted by Crippen LogP contribution is 2.42. The molecule has 0 amide bonds. The fraction of sp³-hybridized carbons (Fsp3) is 0.600. The molecule has 0 radical (unpaired) electrons. The van der Waals surface area contributed by atoms with E-state index in [9.17, 15) is 8.78 Å². The molecule has 1 aliphatic heterocycles. The van der Waals surface area contributed by atoms with Crippen molar-refractivity contribution in [2.24, 2.45) is 5.92 Å². The molecule has 0 saturated heterocycles. The molecule has 110 valence electrons. The van der Waals surface area contributed by atoms with Gasteiger partial charge in [-0.15, -0.1) is 8.78 Å². The Morgan fingerprint density at radius 2 is 2.05 bits per heavy atom. The SMILES string of the molecule is CCC1CCCC(Nc2ccc3c(c2)OC(F)(F)O3)C1. The number of hydrogen-bond donors (Lipinski definition) is 1. The molecule has 1 aromatic carbocycles. The van der Waals surface area contributed by atoms with Gasteiger partial charge in [-0.3, -0.25) is 0 Å². The Morgan fingerprint density at radius 3 is 2.85 bits per heavy atom. The van der Waals surface area contributed by atoms with Crippen LogP contribution in [0.15, 0.2) is 18.2 Å². The van der Waals surface area contributed by atoms with Gasteiger partial charge in [0.05, 0.1) is 0 Å². The molecule has 2 aliphatic rings. The zero-order valence-corrected chi connectivity index (χ0v) is 11.5. The summed E-state index contributed by atoms with van der Waals surface area (Å²) >= 11 is 0. The largest absolute Gasteiger partial charge is 0.586 e. The van der Waals surface area contributed by atoms with E-state index in [1.54, 1.807) is 12.1 Å². The van der Waals surface area contributed by atoms with Gasteiger partial charge in [0.1, 0.15) is 0 Å². The van der Waals surface area contributed by atoms with E-state index in [4.69, 9.17) is 0 Å². The molecule has 2 atom stereocenters. The molecule has 3 rings (SSSR count). The maximum absolute atomic E-state index is 13.0. The number of anilines is 1. The van der Waals surface area contributed by atoms with Gasteiger partial charge >= 0.3 is 6.29 Å². The number of fused-ring (bicyclic) bond motifs is 1. The quantitative estimate of drug-likeness (QED) is 0.892. The standard InChI is InChI=1S/C15H19F2NO2/c1-2-10-4-3-5-11(8-10)18-12-6-7-13-14(9-12)20-15(16,17)19-13/h6-7,9-11,18H,2-5,8H2,1H3. The summed E-state index contributed by atoms with van der Waals surface area (Å²) in [6.07, 6.45) is 2.44. The molecule has 0 spiro atoms. The Balaban J connectivity index is 1.67. The fourth-order valence-electron chi connectivity index (χ4n) is 3.07. The average molecular weight is 283 g/mol. The van der Waals surface area contributed by atoms with Gasteiger partial charge in [0.15, 0.2) is 11.5 Å². The summed E-state index contributed by atoms with van der Waals surface area (Å²) < 4.78 is 34.8. The Hall–Kier alpha value is -1.52. The lowest BCUT2D eigenvalue weighted by atomic mass is 9.84. The van der Waals surface area contributed by atoms with Gasteiger partial charge < -0.3 is 14.8 Å². The number of rotatable bonds is 3. The van der Waals surface area contributed by atoms with Crippen LogP contribution in [0, 0.1) is 5.92 Å². The zero-order valence-electron chi connectivity index (χ0n) is 11.5. The van der Waals surface area contributed by atoms with Crippen molar-refractivity contribution in [2.75, 3.05) is 5.32 Å². The molecule has 3 nitrogen and oxygen atoms in total. The lowest BCUT2D eigenvalue weighted by Crippen LogP contribution is -2.27. The highest BCUT2D eigenvalue weighted by atomic mass is 19.3. The molecule has 2 unspecified atom stereocenters. The van der Waals surface area contributed by atoms with E-state index in [0.717, 1.165) is 24.4 Å². The third-order valence-electron chi connectivity index (χ3n) is 4.13. The van der Waals surface area contributed by atoms with Gasteiger partial charge in [0.25, 0.3) is 0 Å². The van der Waals surface area contributed by atoms with Gasteiger partial charge in [0.2, 0.25) is 0 Å². The molecule has 0 aromatic heterocycles. The van der Waals surface area contributed by atoms with Crippen LogP contribution in [0.2, 0.25) is 0 Å². The van der Waals surface area contributed by atoms with Crippen LogP contribution in [-0.4, -0.2) is 12.3 Å². The first kappa shape index (κ1) is 13.5. The van der Waals surface area contributed by atoms with Gasteiger partial charge in [-0.25, -0.2) is 0 Å². The highest BCUT2D eigenvalue weighted by molar-refractivity contribution is 5.56. The molecule has 1 saturated carbocycles. The third kappa shape index (κ3) is 2.81. The van der Waals surface area contributed by atoms with Crippen LogP contribution in [0.3, 0.4) is 0 Å². The van der Waals surface area contributed by atoms with Crippen molar-refractivity contribution in [3.63, 3.8) is 0 Å². The Kier molecular flexibility index (Phi) is 3.44. The predicted molar refractivity (Wildman–Crippen MR) is 72.3 cm³/mol. The van der Waals surface area contributed by atoms with Crippen LogP contribution >= 0.6 is 0 Å². The lowest BCUT2D eigenvalue weighted by molar-refractivity contribution is -0.286. The minimum absolute atomic E-state index is 0.0932. The second-order valence-corrected chi connectivity index (χ2v) is 5.61. The monoisotopic (exact) mass is 283 g/mol. The van der Waals surface area contributed by atoms with Gasteiger partial charge in [0, 0.05) is 17.8 Å². The smallest absolute Gasteiger partial charge is 0.395 e. The van der Waals surface area contributed by atoms with Crippen molar-refractivity contribution in [2.45, 2.75) is 51.4 Å². The second kappa shape index (κ2) is 5.11. The number of ether oxygens (including phenoxy) is 2. The van der Waals surface area contributed by atoms with Crippen LogP contribution < -0.4 is 14.8 Å². The summed E-state index contributed by atoms with van der Waals surface area (Å²) in [5.41, 5.74) is 0.812. The molecule has 1 N–H and O–H groups in total. The van der Waals surface area contributed by atoms with Crippen molar-refractivity contribution in [1.29, 1.82) is 0 Å². The van der Waals surface area contributed by atoms with Crippen molar-refractivity contribution in [3.8, 4) is 11.5 Å². The first-order chi connectivity index (χ1) is 9.55. The van der Waals surface area contributed by atoms with Gasteiger partial charge in [-0.2, -0.15) is 0 Å². The first-order valence-corrected chi connectivity index (χ1v) is 7.22. The Morgan fingerprint density at radius 1 is 1.25 bits per heavy atom. The Labute approximate surface area is 117 Å². The van der Waals surface area contributed by atoms with Gasteiger partial charge in [-0.1, -0.05) is 26.2 Å². The topological polar surface area (TPSA) is 30.5 Å². The number of halogens is 2. The van der Waals surface area contributed by atoms with Crippen molar-refractivity contribution in [3.05, 3.63) is 18.2 Å². The van der Waals surface area contributed by atoms with E-state index in [-0.39, 0.29) is 11.5 Å². The predicted octanol–water partition coefficient (Wildman–Crippen LogP) is 4.39. The van der Waals surface area contributed by atoms with E-state index >= 15 is 0 Å². The minimum Gasteiger partial charge on any atom is -0.395 e. The normalized spacial score (nSPS) is 27.4. The lowest BCUT2D eigenvalue weighted by Gasteiger charge is -2.29. The summed E-state index contributed by atoms with van der Waals surface area (Å²) in [5, 5.41) is 3.42. The van der Waals surface area contributed by atoms with E-state index in [0.29, 0.717) is 6.04 Å². The number of nitrogens with one attached hydrogen (secondary N) is 1. The van der Waals surface area contributed by atoms with Gasteiger partial charge in [-0.05, 0) is 30.9 Å². The summed E-state index contributed by atoms with van der Waals surface area (Å²) in [5.74, 6) is 0.957. The third-order valence-corrected chi connectivity index (χ3v) is 4.13. The average Bonchev–Trinajstić information content (AvgIpc) is 2.72. The molecular weight excluding hydrogens is 264 g/mol. The fourth-order valence-corrected chi connectivity index (χ4v) is 3.07. The number of alkyl halides is 2. The van der Waals surface area contributed by atoms with Crippen molar-refractivity contribution < 1.29 is 18.3 Å². The summed E-state index contributed by atoms with van der Waals surface area (Å²) in [4.78, 5) is 0. The van der Waals surface area contributed by atoms with Crippen molar-refractivity contribution in [1.82, 2.24) is 0 Å². The maximum Gasteiger partial charge on any atom is 0.586 e. The number of benzene rings is 1. The van der Waals surface area contributed by atoms with Crippen molar-refractivity contribution >= 4 is 5.69 Å². The minimum atomic E-state index is -3.54. The molecule has 0 bridgehead atoms. The summed E-state index contributed by atoms with van der Waals surface area (Å²) in [6, 6.07) is 5.29. The molecule has 5 heteroatoms. The Bertz CT molecular complexity index is 493. The molecular formula is C15H19F2NO2. The van der Waals surface area contributed by atoms with E-state index in [1.165, 1.54) is 25.3 Å². The first-order valence-electron chi connectivity index (χ1n) is 7.22. The summed E-state index contributed by atoms with van der Waals surface area (Å²) in [6.45, 7) is 2.22. The van der Waals surface area contributed by atoms with Crippen LogP contribution in [0.25, 0.3) is 0 Å². The molecule has 20 heavy (non-hydrogen) atoms. The van der Waals surface area contributed by atoms with E-state index in [1.807, 2.05) is 0 Å². The summed E-state index contributed by atoms with van der Waals surface area (Å²) in [7, 11) is 0. The molecule has 1 heterocycles.